The maximum Gasteiger partial charge on any atom is 0.222 e. The molecule has 2 bridgehead atoms. The lowest BCUT2D eigenvalue weighted by molar-refractivity contribution is -0.131. The van der Waals surface area contributed by atoms with Crippen LogP contribution in [0.1, 0.15) is 43.2 Å². The van der Waals surface area contributed by atoms with E-state index in [1.165, 1.54) is 25.7 Å². The third-order valence-corrected chi connectivity index (χ3v) is 5.25. The van der Waals surface area contributed by atoms with E-state index in [1.807, 2.05) is 36.2 Å². The second-order valence-electron chi connectivity index (χ2n) is 6.70. The van der Waals surface area contributed by atoms with E-state index in [1.54, 1.807) is 0 Å². The Morgan fingerprint density at radius 3 is 2.62 bits per heavy atom. The number of nitrogens with zero attached hydrogens (tertiary/aromatic N) is 2. The van der Waals surface area contributed by atoms with Crippen molar-refractivity contribution >= 4 is 5.91 Å². The van der Waals surface area contributed by atoms with Crippen molar-refractivity contribution in [2.75, 3.05) is 7.05 Å². The second kappa shape index (κ2) is 5.89. The Bertz CT molecular complexity index is 558. The highest BCUT2D eigenvalue weighted by Gasteiger charge is 2.40. The molecular formula is C18H22N2O. The van der Waals surface area contributed by atoms with Gasteiger partial charge in [0, 0.05) is 20.0 Å². The minimum Gasteiger partial charge on any atom is -0.341 e. The van der Waals surface area contributed by atoms with Crippen molar-refractivity contribution in [3.63, 3.8) is 0 Å². The molecule has 0 spiro atoms. The Kier molecular flexibility index (Phi) is 3.96. The first-order valence-corrected chi connectivity index (χ1v) is 7.88. The molecule has 110 valence electrons. The number of hydrogen-bond acceptors (Lipinski definition) is 2. The van der Waals surface area contributed by atoms with Crippen LogP contribution in [0.5, 0.6) is 0 Å². The lowest BCUT2D eigenvalue weighted by atomic mass is 9.86. The van der Waals surface area contributed by atoms with Gasteiger partial charge in [-0.3, -0.25) is 4.79 Å². The highest BCUT2D eigenvalue weighted by atomic mass is 16.2. The lowest BCUT2D eigenvalue weighted by Crippen LogP contribution is -2.29. The minimum absolute atomic E-state index is 0.261. The Morgan fingerprint density at radius 2 is 2.05 bits per heavy atom. The van der Waals surface area contributed by atoms with Crippen LogP contribution in [-0.4, -0.2) is 17.9 Å². The average molecular weight is 282 g/mol. The number of rotatable bonds is 4. The van der Waals surface area contributed by atoms with E-state index >= 15 is 0 Å². The fourth-order valence-corrected chi connectivity index (χ4v) is 4.05. The van der Waals surface area contributed by atoms with Crippen molar-refractivity contribution in [1.29, 1.82) is 5.26 Å². The zero-order chi connectivity index (χ0) is 14.8. The van der Waals surface area contributed by atoms with Gasteiger partial charge in [-0.05, 0) is 54.7 Å². The number of carbonyl (C=O) groups excluding carboxylic acids is 1. The van der Waals surface area contributed by atoms with E-state index in [4.69, 9.17) is 5.26 Å². The zero-order valence-corrected chi connectivity index (χ0v) is 12.6. The standard InChI is InChI=1S/C18H22N2O/c1-20(12-14-4-2-13(11-19)3-5-14)18(21)10-17-9-15-6-7-16(17)8-15/h2-5,15-17H,6-10,12H2,1H3. The summed E-state index contributed by atoms with van der Waals surface area (Å²) in [5, 5.41) is 8.80. The van der Waals surface area contributed by atoms with E-state index in [0.29, 0.717) is 24.4 Å². The largest absolute Gasteiger partial charge is 0.341 e. The van der Waals surface area contributed by atoms with E-state index in [-0.39, 0.29) is 5.91 Å². The van der Waals surface area contributed by atoms with Crippen LogP contribution in [0, 0.1) is 29.1 Å². The highest BCUT2D eigenvalue weighted by molar-refractivity contribution is 5.76. The fourth-order valence-electron chi connectivity index (χ4n) is 4.05. The van der Waals surface area contributed by atoms with Gasteiger partial charge < -0.3 is 4.90 Å². The van der Waals surface area contributed by atoms with Gasteiger partial charge in [0.25, 0.3) is 0 Å². The Labute approximate surface area is 126 Å². The normalized spacial score (nSPS) is 26.6. The van der Waals surface area contributed by atoms with Gasteiger partial charge in [0.15, 0.2) is 0 Å². The summed E-state index contributed by atoms with van der Waals surface area (Å²) in [7, 11) is 1.88. The van der Waals surface area contributed by atoms with Gasteiger partial charge in [0.2, 0.25) is 5.91 Å². The Morgan fingerprint density at radius 1 is 1.29 bits per heavy atom. The van der Waals surface area contributed by atoms with Gasteiger partial charge in [-0.25, -0.2) is 0 Å². The van der Waals surface area contributed by atoms with E-state index in [0.717, 1.165) is 17.4 Å². The van der Waals surface area contributed by atoms with Crippen molar-refractivity contribution < 1.29 is 4.79 Å². The number of hydrogen-bond donors (Lipinski definition) is 0. The number of nitriles is 1. The molecule has 3 nitrogen and oxygen atoms in total. The topological polar surface area (TPSA) is 44.1 Å². The van der Waals surface area contributed by atoms with Crippen LogP contribution in [-0.2, 0) is 11.3 Å². The van der Waals surface area contributed by atoms with Crippen LogP contribution >= 0.6 is 0 Å². The first kappa shape index (κ1) is 14.1. The number of carbonyl (C=O) groups is 1. The summed E-state index contributed by atoms with van der Waals surface area (Å²) in [6.45, 7) is 0.630. The SMILES string of the molecule is CN(Cc1ccc(C#N)cc1)C(=O)CC1CC2CCC1C2. The molecule has 2 saturated carbocycles. The van der Waals surface area contributed by atoms with Crippen molar-refractivity contribution in [3.05, 3.63) is 35.4 Å². The van der Waals surface area contributed by atoms with Crippen LogP contribution in [0.4, 0.5) is 0 Å². The molecule has 3 unspecified atom stereocenters. The molecular weight excluding hydrogens is 260 g/mol. The third kappa shape index (κ3) is 3.10. The minimum atomic E-state index is 0.261. The maximum absolute atomic E-state index is 12.4. The van der Waals surface area contributed by atoms with Crippen LogP contribution < -0.4 is 0 Å². The predicted molar refractivity (Wildman–Crippen MR) is 81.2 cm³/mol. The van der Waals surface area contributed by atoms with Crippen LogP contribution in [0.15, 0.2) is 24.3 Å². The molecule has 0 aromatic heterocycles. The highest BCUT2D eigenvalue weighted by Crippen LogP contribution is 2.49. The molecule has 1 aromatic rings. The summed E-state index contributed by atoms with van der Waals surface area (Å²) in [5.74, 6) is 2.59. The molecule has 0 saturated heterocycles. The van der Waals surface area contributed by atoms with Crippen molar-refractivity contribution in [1.82, 2.24) is 4.90 Å². The van der Waals surface area contributed by atoms with E-state index in [2.05, 4.69) is 6.07 Å². The van der Waals surface area contributed by atoms with Gasteiger partial charge in [-0.1, -0.05) is 18.6 Å². The van der Waals surface area contributed by atoms with Crippen molar-refractivity contribution in [3.8, 4) is 6.07 Å². The molecule has 1 amide bonds. The molecule has 3 rings (SSSR count). The molecule has 0 N–H and O–H groups in total. The van der Waals surface area contributed by atoms with Gasteiger partial charge in [0.1, 0.15) is 0 Å². The van der Waals surface area contributed by atoms with E-state index in [9.17, 15) is 4.79 Å². The summed E-state index contributed by atoms with van der Waals surface area (Å²) in [5.41, 5.74) is 1.74. The molecule has 21 heavy (non-hydrogen) atoms. The molecule has 3 atom stereocenters. The van der Waals surface area contributed by atoms with Crippen molar-refractivity contribution in [2.45, 2.75) is 38.6 Å². The van der Waals surface area contributed by atoms with Gasteiger partial charge in [-0.15, -0.1) is 0 Å². The fraction of sp³-hybridized carbons (Fsp3) is 0.556. The summed E-state index contributed by atoms with van der Waals surface area (Å²) in [6.07, 6.45) is 6.06. The molecule has 2 fully saturated rings. The number of benzene rings is 1. The lowest BCUT2D eigenvalue weighted by Gasteiger charge is -2.24. The van der Waals surface area contributed by atoms with Gasteiger partial charge >= 0.3 is 0 Å². The molecule has 3 heteroatoms. The quantitative estimate of drug-likeness (QED) is 0.850. The third-order valence-electron chi connectivity index (χ3n) is 5.25. The first-order chi connectivity index (χ1) is 10.2. The Hall–Kier alpha value is -1.82. The Balaban J connectivity index is 1.53. The molecule has 0 heterocycles. The molecule has 0 radical (unpaired) electrons. The van der Waals surface area contributed by atoms with Gasteiger partial charge in [-0.2, -0.15) is 5.26 Å². The first-order valence-electron chi connectivity index (χ1n) is 7.88. The smallest absolute Gasteiger partial charge is 0.222 e. The van der Waals surface area contributed by atoms with Crippen LogP contribution in [0.3, 0.4) is 0 Å². The van der Waals surface area contributed by atoms with Crippen LogP contribution in [0.25, 0.3) is 0 Å². The molecule has 1 aromatic carbocycles. The summed E-state index contributed by atoms with van der Waals surface area (Å²) in [4.78, 5) is 14.2. The summed E-state index contributed by atoms with van der Waals surface area (Å²) >= 11 is 0. The van der Waals surface area contributed by atoms with E-state index < -0.39 is 0 Å². The molecule has 2 aliphatic rings. The second-order valence-corrected chi connectivity index (χ2v) is 6.70. The predicted octanol–water partition coefficient (Wildman–Crippen LogP) is 3.34. The number of fused-ring (bicyclic) bond motifs is 2. The number of amides is 1. The maximum atomic E-state index is 12.4. The monoisotopic (exact) mass is 282 g/mol. The zero-order valence-electron chi connectivity index (χ0n) is 12.6. The average Bonchev–Trinajstić information content (AvgIpc) is 3.10. The van der Waals surface area contributed by atoms with Crippen LogP contribution in [0.2, 0.25) is 0 Å². The summed E-state index contributed by atoms with van der Waals surface area (Å²) in [6, 6.07) is 9.59. The summed E-state index contributed by atoms with van der Waals surface area (Å²) < 4.78 is 0. The van der Waals surface area contributed by atoms with Crippen molar-refractivity contribution in [2.24, 2.45) is 17.8 Å². The van der Waals surface area contributed by atoms with Gasteiger partial charge in [0.05, 0.1) is 11.6 Å². The molecule has 2 aliphatic carbocycles. The molecule has 0 aliphatic heterocycles.